The van der Waals surface area contributed by atoms with Crippen molar-refractivity contribution in [1.29, 1.82) is 0 Å². The number of hydrogen-bond donors (Lipinski definition) is 1. The monoisotopic (exact) mass is 168 g/mol. The van der Waals surface area contributed by atoms with Crippen molar-refractivity contribution in [2.75, 3.05) is 6.61 Å². The maximum Gasteiger partial charge on any atom is 0.0501 e. The first kappa shape index (κ1) is 9.79. The van der Waals surface area contributed by atoms with E-state index in [0.29, 0.717) is 17.9 Å². The maximum atomic E-state index is 9.28. The fraction of sp³-hybridized carbons (Fsp3) is 0.818. The molecule has 0 aromatic rings. The minimum absolute atomic E-state index is 0.290. The molecule has 0 saturated carbocycles. The molecule has 0 bridgehead atoms. The Labute approximate surface area is 75.5 Å². The van der Waals surface area contributed by atoms with E-state index in [1.807, 2.05) is 0 Å². The summed E-state index contributed by atoms with van der Waals surface area (Å²) in [5, 5.41) is 9.28. The highest BCUT2D eigenvalue weighted by Crippen LogP contribution is 2.42. The Morgan fingerprint density at radius 2 is 2.00 bits per heavy atom. The van der Waals surface area contributed by atoms with E-state index in [4.69, 9.17) is 0 Å². The van der Waals surface area contributed by atoms with Crippen molar-refractivity contribution in [3.8, 4) is 0 Å². The average molecular weight is 168 g/mol. The third-order valence-corrected chi connectivity index (χ3v) is 3.47. The topological polar surface area (TPSA) is 20.2 Å². The van der Waals surface area contributed by atoms with E-state index in [9.17, 15) is 5.11 Å². The second kappa shape index (κ2) is 3.21. The molecule has 0 saturated heterocycles. The number of aliphatic hydroxyl groups excluding tert-OH is 1. The van der Waals surface area contributed by atoms with Gasteiger partial charge in [-0.1, -0.05) is 25.0 Å². The van der Waals surface area contributed by atoms with Crippen LogP contribution in [0.1, 0.15) is 40.5 Å². The molecular formula is C11H20O. The molecule has 1 heteroatoms. The zero-order valence-corrected chi connectivity index (χ0v) is 8.65. The highest BCUT2D eigenvalue weighted by Gasteiger charge is 2.33. The van der Waals surface area contributed by atoms with E-state index in [2.05, 4.69) is 27.7 Å². The van der Waals surface area contributed by atoms with Crippen LogP contribution in [-0.4, -0.2) is 11.7 Å². The molecule has 0 spiro atoms. The molecule has 1 unspecified atom stereocenters. The lowest BCUT2D eigenvalue weighted by Gasteiger charge is -2.39. The van der Waals surface area contributed by atoms with Crippen molar-refractivity contribution < 1.29 is 5.11 Å². The number of allylic oxidation sites excluding steroid dienone is 1. The minimum Gasteiger partial charge on any atom is -0.396 e. The molecule has 1 aliphatic rings. The summed E-state index contributed by atoms with van der Waals surface area (Å²) < 4.78 is 0. The second-order valence-corrected chi connectivity index (χ2v) is 4.69. The summed E-state index contributed by atoms with van der Waals surface area (Å²) in [4.78, 5) is 0. The first-order valence-corrected chi connectivity index (χ1v) is 4.76. The van der Waals surface area contributed by atoms with Gasteiger partial charge in [-0.3, -0.25) is 0 Å². The van der Waals surface area contributed by atoms with E-state index in [-0.39, 0.29) is 0 Å². The van der Waals surface area contributed by atoms with Crippen LogP contribution in [0.3, 0.4) is 0 Å². The van der Waals surface area contributed by atoms with Crippen molar-refractivity contribution in [2.45, 2.75) is 40.5 Å². The Kier molecular flexibility index (Phi) is 2.62. The summed E-state index contributed by atoms with van der Waals surface area (Å²) in [5.41, 5.74) is 3.18. The van der Waals surface area contributed by atoms with Gasteiger partial charge < -0.3 is 5.11 Å². The molecule has 1 N–H and O–H groups in total. The maximum absolute atomic E-state index is 9.28. The Bertz CT molecular complexity index is 201. The smallest absolute Gasteiger partial charge is 0.0501 e. The van der Waals surface area contributed by atoms with Crippen molar-refractivity contribution in [1.82, 2.24) is 0 Å². The van der Waals surface area contributed by atoms with Gasteiger partial charge in [-0.15, -0.1) is 0 Å². The van der Waals surface area contributed by atoms with E-state index in [1.54, 1.807) is 0 Å². The van der Waals surface area contributed by atoms with Gasteiger partial charge in [0.05, 0.1) is 6.61 Å². The quantitative estimate of drug-likeness (QED) is 0.597. The standard InChI is InChI=1S/C11H20O/c1-8-5-6-11(3,4)10(7-12)9(8)2/h10,12H,5-7H2,1-4H3. The van der Waals surface area contributed by atoms with Crippen LogP contribution in [-0.2, 0) is 0 Å². The van der Waals surface area contributed by atoms with Gasteiger partial charge in [0, 0.05) is 5.92 Å². The minimum atomic E-state index is 0.290. The van der Waals surface area contributed by atoms with Crippen LogP contribution < -0.4 is 0 Å². The predicted octanol–water partition coefficient (Wildman–Crippen LogP) is 2.75. The van der Waals surface area contributed by atoms with Crippen LogP contribution in [0.2, 0.25) is 0 Å². The fourth-order valence-corrected chi connectivity index (χ4v) is 2.15. The van der Waals surface area contributed by atoms with Crippen LogP contribution >= 0.6 is 0 Å². The summed E-state index contributed by atoms with van der Waals surface area (Å²) in [6, 6.07) is 0. The van der Waals surface area contributed by atoms with Gasteiger partial charge >= 0.3 is 0 Å². The largest absolute Gasteiger partial charge is 0.396 e. The zero-order valence-electron chi connectivity index (χ0n) is 8.65. The molecular weight excluding hydrogens is 148 g/mol. The third-order valence-electron chi connectivity index (χ3n) is 3.47. The van der Waals surface area contributed by atoms with Crippen LogP contribution in [0.25, 0.3) is 0 Å². The number of hydrogen-bond acceptors (Lipinski definition) is 1. The molecule has 0 fully saturated rings. The Morgan fingerprint density at radius 1 is 1.42 bits per heavy atom. The molecule has 1 nitrogen and oxygen atoms in total. The van der Waals surface area contributed by atoms with Crippen molar-refractivity contribution in [3.05, 3.63) is 11.1 Å². The van der Waals surface area contributed by atoms with Crippen molar-refractivity contribution in [3.63, 3.8) is 0 Å². The summed E-state index contributed by atoms with van der Waals surface area (Å²) in [6.45, 7) is 9.16. The summed E-state index contributed by atoms with van der Waals surface area (Å²) in [6.07, 6.45) is 2.41. The highest BCUT2D eigenvalue weighted by molar-refractivity contribution is 5.19. The van der Waals surface area contributed by atoms with E-state index in [1.165, 1.54) is 24.0 Å². The summed E-state index contributed by atoms with van der Waals surface area (Å²) >= 11 is 0. The fourth-order valence-electron chi connectivity index (χ4n) is 2.15. The zero-order chi connectivity index (χ0) is 9.35. The van der Waals surface area contributed by atoms with E-state index >= 15 is 0 Å². The van der Waals surface area contributed by atoms with Crippen LogP contribution in [0.5, 0.6) is 0 Å². The van der Waals surface area contributed by atoms with Gasteiger partial charge in [0.25, 0.3) is 0 Å². The average Bonchev–Trinajstić information content (AvgIpc) is 1.99. The molecule has 70 valence electrons. The number of aliphatic hydroxyl groups is 1. The Balaban J connectivity index is 2.93. The lowest BCUT2D eigenvalue weighted by atomic mass is 9.67. The van der Waals surface area contributed by atoms with Crippen LogP contribution in [0.4, 0.5) is 0 Å². The predicted molar refractivity (Wildman–Crippen MR) is 52.0 cm³/mol. The third kappa shape index (κ3) is 1.56. The Morgan fingerprint density at radius 3 is 2.42 bits per heavy atom. The summed E-state index contributed by atoms with van der Waals surface area (Å²) in [5.74, 6) is 0.381. The van der Waals surface area contributed by atoms with E-state index < -0.39 is 0 Å². The molecule has 0 aromatic heterocycles. The molecule has 12 heavy (non-hydrogen) atoms. The van der Waals surface area contributed by atoms with Gasteiger partial charge in [-0.2, -0.15) is 0 Å². The molecule has 0 radical (unpaired) electrons. The summed E-state index contributed by atoms with van der Waals surface area (Å²) in [7, 11) is 0. The lowest BCUT2D eigenvalue weighted by Crippen LogP contribution is -2.31. The molecule has 1 aliphatic carbocycles. The van der Waals surface area contributed by atoms with Gasteiger partial charge in [0.15, 0.2) is 0 Å². The lowest BCUT2D eigenvalue weighted by molar-refractivity contribution is 0.125. The second-order valence-electron chi connectivity index (χ2n) is 4.69. The Hall–Kier alpha value is -0.300. The molecule has 0 amide bonds. The molecule has 0 aliphatic heterocycles. The van der Waals surface area contributed by atoms with Crippen LogP contribution in [0, 0.1) is 11.3 Å². The van der Waals surface area contributed by atoms with Crippen molar-refractivity contribution >= 4 is 0 Å². The molecule has 0 aromatic carbocycles. The molecule has 0 heterocycles. The first-order valence-electron chi connectivity index (χ1n) is 4.76. The molecule has 1 atom stereocenters. The van der Waals surface area contributed by atoms with Crippen LogP contribution in [0.15, 0.2) is 11.1 Å². The highest BCUT2D eigenvalue weighted by atomic mass is 16.3. The van der Waals surface area contributed by atoms with Crippen molar-refractivity contribution in [2.24, 2.45) is 11.3 Å². The molecule has 1 rings (SSSR count). The van der Waals surface area contributed by atoms with Gasteiger partial charge in [0.1, 0.15) is 0 Å². The first-order chi connectivity index (χ1) is 5.49. The van der Waals surface area contributed by atoms with Gasteiger partial charge in [-0.25, -0.2) is 0 Å². The van der Waals surface area contributed by atoms with Gasteiger partial charge in [-0.05, 0) is 32.1 Å². The normalized spacial score (nSPS) is 29.2. The van der Waals surface area contributed by atoms with Gasteiger partial charge in [0.2, 0.25) is 0 Å². The van der Waals surface area contributed by atoms with E-state index in [0.717, 1.165) is 0 Å². The number of rotatable bonds is 1. The SMILES string of the molecule is CC1=C(C)C(CO)C(C)(C)CC1.